The number of aliphatic hydroxyl groups is 1. The van der Waals surface area contributed by atoms with E-state index in [2.05, 4.69) is 16.3 Å². The fraction of sp³-hybridized carbons (Fsp3) is 0.545. The Morgan fingerprint density at radius 2 is 2.50 bits per heavy atom. The molecule has 1 saturated heterocycles. The molecule has 5 heteroatoms. The maximum Gasteiger partial charge on any atom is 0.169 e. The van der Waals surface area contributed by atoms with E-state index in [4.69, 9.17) is 5.26 Å². The first-order chi connectivity index (χ1) is 7.72. The summed E-state index contributed by atoms with van der Waals surface area (Å²) in [5.41, 5.74) is 0.543. The van der Waals surface area contributed by atoms with Gasteiger partial charge in [0, 0.05) is 19.0 Å². The van der Waals surface area contributed by atoms with E-state index in [1.165, 1.54) is 6.20 Å². The standard InChI is InChI=1S/C11H14N4O/c1-8(16)10-3-5-15(7-10)11-9(6-12)2-4-13-14-11/h2,4,8,10,16H,3,5,7H2,1H3. The monoisotopic (exact) mass is 218 g/mol. The molecular formula is C11H14N4O. The molecule has 1 aromatic heterocycles. The molecule has 0 amide bonds. The minimum atomic E-state index is -0.313. The maximum absolute atomic E-state index is 9.52. The van der Waals surface area contributed by atoms with E-state index in [-0.39, 0.29) is 12.0 Å². The van der Waals surface area contributed by atoms with Crippen molar-refractivity contribution in [2.24, 2.45) is 5.92 Å². The number of hydrogen-bond acceptors (Lipinski definition) is 5. The van der Waals surface area contributed by atoms with Crippen molar-refractivity contribution >= 4 is 5.82 Å². The minimum Gasteiger partial charge on any atom is -0.393 e. The highest BCUT2D eigenvalue weighted by atomic mass is 16.3. The van der Waals surface area contributed by atoms with Crippen LogP contribution in [0.5, 0.6) is 0 Å². The highest BCUT2D eigenvalue weighted by molar-refractivity contribution is 5.53. The lowest BCUT2D eigenvalue weighted by Gasteiger charge is -2.18. The average Bonchev–Trinajstić information content (AvgIpc) is 2.78. The first kappa shape index (κ1) is 10.8. The SMILES string of the molecule is CC(O)C1CCN(c2nnccc2C#N)C1. The van der Waals surface area contributed by atoms with Gasteiger partial charge in [0.25, 0.3) is 0 Å². The molecule has 84 valence electrons. The number of aliphatic hydroxyl groups excluding tert-OH is 1. The molecule has 5 nitrogen and oxygen atoms in total. The molecule has 0 aliphatic carbocycles. The summed E-state index contributed by atoms with van der Waals surface area (Å²) in [6, 6.07) is 3.77. The Bertz CT molecular complexity index is 413. The fourth-order valence-electron chi connectivity index (χ4n) is 2.02. The molecule has 1 aliphatic heterocycles. The molecule has 2 unspecified atom stereocenters. The summed E-state index contributed by atoms with van der Waals surface area (Å²) in [7, 11) is 0. The fourth-order valence-corrected chi connectivity index (χ4v) is 2.02. The first-order valence-electron chi connectivity index (χ1n) is 5.37. The quantitative estimate of drug-likeness (QED) is 0.785. The summed E-state index contributed by atoms with van der Waals surface area (Å²) in [6.45, 7) is 3.37. The van der Waals surface area contributed by atoms with Crippen LogP contribution in [-0.4, -0.2) is 34.5 Å². The predicted molar refractivity (Wildman–Crippen MR) is 58.7 cm³/mol. The largest absolute Gasteiger partial charge is 0.393 e. The van der Waals surface area contributed by atoms with E-state index in [9.17, 15) is 5.11 Å². The van der Waals surface area contributed by atoms with Crippen molar-refractivity contribution in [3.8, 4) is 6.07 Å². The van der Waals surface area contributed by atoms with Gasteiger partial charge >= 0.3 is 0 Å². The molecule has 1 aliphatic rings. The van der Waals surface area contributed by atoms with E-state index in [1.54, 1.807) is 13.0 Å². The van der Waals surface area contributed by atoms with Crippen LogP contribution in [0.2, 0.25) is 0 Å². The first-order valence-corrected chi connectivity index (χ1v) is 5.37. The molecule has 0 aromatic carbocycles. The molecule has 0 bridgehead atoms. The summed E-state index contributed by atoms with van der Waals surface area (Å²) < 4.78 is 0. The average molecular weight is 218 g/mol. The minimum absolute atomic E-state index is 0.258. The number of anilines is 1. The van der Waals surface area contributed by atoms with E-state index in [0.717, 1.165) is 19.5 Å². The van der Waals surface area contributed by atoms with Gasteiger partial charge in [-0.15, -0.1) is 5.10 Å². The van der Waals surface area contributed by atoms with Crippen LogP contribution < -0.4 is 4.90 Å². The summed E-state index contributed by atoms with van der Waals surface area (Å²) in [4.78, 5) is 2.02. The van der Waals surface area contributed by atoms with E-state index in [0.29, 0.717) is 11.4 Å². The van der Waals surface area contributed by atoms with Crippen LogP contribution in [0, 0.1) is 17.2 Å². The summed E-state index contributed by atoms with van der Waals surface area (Å²) >= 11 is 0. The van der Waals surface area contributed by atoms with Crippen molar-refractivity contribution in [2.75, 3.05) is 18.0 Å². The number of hydrogen-bond donors (Lipinski definition) is 1. The molecule has 1 aromatic rings. The number of aromatic nitrogens is 2. The lowest BCUT2D eigenvalue weighted by Crippen LogP contribution is -2.25. The summed E-state index contributed by atoms with van der Waals surface area (Å²) in [5.74, 6) is 0.890. The zero-order valence-electron chi connectivity index (χ0n) is 9.17. The van der Waals surface area contributed by atoms with Gasteiger partial charge < -0.3 is 10.0 Å². The zero-order chi connectivity index (χ0) is 11.5. The number of nitriles is 1. The van der Waals surface area contributed by atoms with Gasteiger partial charge in [-0.2, -0.15) is 10.4 Å². The van der Waals surface area contributed by atoms with Crippen LogP contribution in [-0.2, 0) is 0 Å². The number of rotatable bonds is 2. The van der Waals surface area contributed by atoms with Gasteiger partial charge in [-0.25, -0.2) is 0 Å². The highest BCUT2D eigenvalue weighted by Crippen LogP contribution is 2.25. The number of nitrogens with zero attached hydrogens (tertiary/aromatic N) is 4. The second-order valence-electron chi connectivity index (χ2n) is 4.12. The van der Waals surface area contributed by atoms with Gasteiger partial charge in [0.15, 0.2) is 5.82 Å². The van der Waals surface area contributed by atoms with Crippen LogP contribution in [0.3, 0.4) is 0 Å². The van der Waals surface area contributed by atoms with Gasteiger partial charge in [0.05, 0.1) is 17.9 Å². The molecule has 0 radical (unpaired) electrons. The Labute approximate surface area is 94.3 Å². The van der Waals surface area contributed by atoms with Crippen LogP contribution in [0.4, 0.5) is 5.82 Å². The molecule has 2 heterocycles. The molecule has 2 rings (SSSR count). The topological polar surface area (TPSA) is 73.0 Å². The Balaban J connectivity index is 2.18. The lowest BCUT2D eigenvalue weighted by molar-refractivity contribution is 0.136. The second kappa shape index (κ2) is 4.45. The van der Waals surface area contributed by atoms with E-state index in [1.807, 2.05) is 4.90 Å². The van der Waals surface area contributed by atoms with Crippen molar-refractivity contribution < 1.29 is 5.11 Å². The lowest BCUT2D eigenvalue weighted by atomic mass is 10.0. The second-order valence-corrected chi connectivity index (χ2v) is 4.12. The van der Waals surface area contributed by atoms with Crippen molar-refractivity contribution in [2.45, 2.75) is 19.4 Å². The Kier molecular flexibility index (Phi) is 3.02. The van der Waals surface area contributed by atoms with Gasteiger partial charge in [-0.3, -0.25) is 0 Å². The van der Waals surface area contributed by atoms with Crippen LogP contribution in [0.1, 0.15) is 18.9 Å². The van der Waals surface area contributed by atoms with E-state index >= 15 is 0 Å². The van der Waals surface area contributed by atoms with Crippen LogP contribution in [0.25, 0.3) is 0 Å². The molecule has 16 heavy (non-hydrogen) atoms. The third-order valence-electron chi connectivity index (χ3n) is 3.03. The molecule has 1 N–H and O–H groups in total. The van der Waals surface area contributed by atoms with Gasteiger partial charge in [0.1, 0.15) is 6.07 Å². The Hall–Kier alpha value is -1.67. The predicted octanol–water partition coefficient (Wildman–Crippen LogP) is 0.555. The van der Waals surface area contributed by atoms with Crippen molar-refractivity contribution in [1.29, 1.82) is 5.26 Å². The Morgan fingerprint density at radius 3 is 3.12 bits per heavy atom. The van der Waals surface area contributed by atoms with Crippen LogP contribution >= 0.6 is 0 Å². The molecule has 0 spiro atoms. The van der Waals surface area contributed by atoms with Crippen molar-refractivity contribution in [3.05, 3.63) is 17.8 Å². The van der Waals surface area contributed by atoms with Gasteiger partial charge in [0.2, 0.25) is 0 Å². The summed E-state index contributed by atoms with van der Waals surface area (Å²) in [6.07, 6.45) is 2.14. The Morgan fingerprint density at radius 1 is 1.69 bits per heavy atom. The third kappa shape index (κ3) is 1.97. The highest BCUT2D eigenvalue weighted by Gasteiger charge is 2.28. The summed E-state index contributed by atoms with van der Waals surface area (Å²) in [5, 5.41) is 26.3. The molecule has 2 atom stereocenters. The van der Waals surface area contributed by atoms with Crippen molar-refractivity contribution in [3.63, 3.8) is 0 Å². The third-order valence-corrected chi connectivity index (χ3v) is 3.03. The molecule has 0 saturated carbocycles. The van der Waals surface area contributed by atoms with E-state index < -0.39 is 0 Å². The van der Waals surface area contributed by atoms with Crippen molar-refractivity contribution in [1.82, 2.24) is 10.2 Å². The zero-order valence-corrected chi connectivity index (χ0v) is 9.17. The normalized spacial score (nSPS) is 21.8. The maximum atomic E-state index is 9.52. The van der Waals surface area contributed by atoms with Gasteiger partial charge in [-0.1, -0.05) is 0 Å². The molecular weight excluding hydrogens is 204 g/mol. The van der Waals surface area contributed by atoms with Crippen LogP contribution in [0.15, 0.2) is 12.3 Å². The molecule has 1 fully saturated rings. The smallest absolute Gasteiger partial charge is 0.169 e. The van der Waals surface area contributed by atoms with Gasteiger partial charge in [-0.05, 0) is 19.4 Å².